The number of carbonyl (C=O) groups is 2. The second kappa shape index (κ2) is 12.7. The lowest BCUT2D eigenvalue weighted by molar-refractivity contribution is -0.129. The molecular formula is C30H44N6O2. The van der Waals surface area contributed by atoms with E-state index in [1.807, 2.05) is 38.5 Å². The number of ketones is 1. The van der Waals surface area contributed by atoms with Gasteiger partial charge in [-0.3, -0.25) is 9.59 Å². The number of likely N-dealkylation sites (tertiary alicyclic amines) is 1. The van der Waals surface area contributed by atoms with Crippen molar-refractivity contribution in [2.24, 2.45) is 11.3 Å². The van der Waals surface area contributed by atoms with Crippen LogP contribution in [0, 0.1) is 16.7 Å². The molecule has 2 aliphatic carbocycles. The molecule has 8 heteroatoms. The maximum Gasteiger partial charge on any atom is 0.223 e. The number of unbranched alkanes of at least 4 members (excludes halogenated alkanes) is 2. The minimum atomic E-state index is -0.192. The minimum absolute atomic E-state index is 0.0647. The highest BCUT2D eigenvalue weighted by Gasteiger charge is 2.44. The number of allylic oxidation sites excluding steroid dienone is 5. The first-order chi connectivity index (χ1) is 18.3. The first kappa shape index (κ1) is 28.0. The van der Waals surface area contributed by atoms with Gasteiger partial charge in [0.05, 0.1) is 23.6 Å². The van der Waals surface area contributed by atoms with Gasteiger partial charge in [-0.25, -0.2) is 4.98 Å². The zero-order chi connectivity index (χ0) is 27.1. The summed E-state index contributed by atoms with van der Waals surface area (Å²) in [7, 11) is 3.99. The summed E-state index contributed by atoms with van der Waals surface area (Å²) in [6, 6.07) is -0.192. The van der Waals surface area contributed by atoms with Gasteiger partial charge in [0.15, 0.2) is 0 Å². The van der Waals surface area contributed by atoms with Crippen molar-refractivity contribution in [2.75, 3.05) is 27.2 Å². The van der Waals surface area contributed by atoms with Crippen molar-refractivity contribution >= 4 is 23.0 Å². The summed E-state index contributed by atoms with van der Waals surface area (Å²) in [5, 5.41) is 14.4. The summed E-state index contributed by atoms with van der Waals surface area (Å²) in [5.41, 5.74) is 3.52. The molecule has 38 heavy (non-hydrogen) atoms. The van der Waals surface area contributed by atoms with E-state index < -0.39 is 0 Å². The number of nitrogens with one attached hydrogen (secondary N) is 4. The Labute approximate surface area is 226 Å². The molecule has 0 aromatic carbocycles. The van der Waals surface area contributed by atoms with Gasteiger partial charge in [0, 0.05) is 56.2 Å². The molecule has 1 atom stereocenters. The van der Waals surface area contributed by atoms with Crippen LogP contribution < -0.4 is 10.6 Å². The normalized spacial score (nSPS) is 21.3. The second-order valence-corrected chi connectivity index (χ2v) is 11.4. The molecule has 2 heterocycles. The van der Waals surface area contributed by atoms with Gasteiger partial charge in [0.25, 0.3) is 0 Å². The number of hydrogen-bond donors (Lipinski definition) is 4. The Morgan fingerprint density at radius 2 is 2.00 bits per heavy atom. The molecule has 0 unspecified atom stereocenters. The fourth-order valence-corrected chi connectivity index (χ4v) is 6.16. The fraction of sp³-hybridized carbons (Fsp3) is 0.600. The Kier molecular flexibility index (Phi) is 9.36. The lowest BCUT2D eigenvalue weighted by Gasteiger charge is -2.52. The van der Waals surface area contributed by atoms with Crippen LogP contribution in [0.4, 0.5) is 0 Å². The Morgan fingerprint density at radius 1 is 1.24 bits per heavy atom. The van der Waals surface area contributed by atoms with E-state index in [2.05, 4.69) is 32.5 Å². The number of aromatic nitrogens is 2. The van der Waals surface area contributed by atoms with Crippen molar-refractivity contribution < 1.29 is 9.59 Å². The fourth-order valence-electron chi connectivity index (χ4n) is 6.16. The van der Waals surface area contributed by atoms with E-state index >= 15 is 0 Å². The Balaban J connectivity index is 1.41. The minimum Gasteiger partial charge on any atom is -0.393 e. The van der Waals surface area contributed by atoms with Crippen molar-refractivity contribution in [3.05, 3.63) is 47.7 Å². The van der Waals surface area contributed by atoms with Gasteiger partial charge in [-0.05, 0) is 63.1 Å². The van der Waals surface area contributed by atoms with Crippen LogP contribution in [0.1, 0.15) is 88.7 Å². The lowest BCUT2D eigenvalue weighted by Crippen LogP contribution is -2.56. The zero-order valence-electron chi connectivity index (χ0n) is 23.2. The molecule has 0 radical (unpaired) electrons. The van der Waals surface area contributed by atoms with E-state index in [4.69, 9.17) is 5.41 Å². The molecule has 1 spiro atoms. The predicted molar refractivity (Wildman–Crippen MR) is 152 cm³/mol. The number of Topliss-reactive ketones (excluding diaryl/α,β-unsaturated/α-hetero) is 1. The SMILES string of the molecule is CCC(=O)CCCCC[C@H](NC(=O)C1CCC2(CC1)CN(C)C2)c1ncc(C2=C/C(=C/NC)C(=N)C=C2)[nH]1. The molecular weight excluding hydrogens is 476 g/mol. The number of amides is 1. The number of aromatic amines is 1. The molecule has 4 rings (SSSR count). The average Bonchev–Trinajstić information content (AvgIpc) is 3.39. The second-order valence-electron chi connectivity index (χ2n) is 11.4. The van der Waals surface area contributed by atoms with Gasteiger partial charge in [0.1, 0.15) is 11.6 Å². The molecule has 1 saturated carbocycles. The monoisotopic (exact) mass is 520 g/mol. The van der Waals surface area contributed by atoms with E-state index in [0.29, 0.717) is 29.8 Å². The maximum absolute atomic E-state index is 13.4. The highest BCUT2D eigenvalue weighted by Crippen LogP contribution is 2.45. The molecule has 2 fully saturated rings. The summed E-state index contributed by atoms with van der Waals surface area (Å²) >= 11 is 0. The Hall–Kier alpha value is -3.00. The highest BCUT2D eigenvalue weighted by molar-refractivity contribution is 6.12. The topological polar surface area (TPSA) is 114 Å². The van der Waals surface area contributed by atoms with Crippen LogP contribution in [0.25, 0.3) is 5.57 Å². The van der Waals surface area contributed by atoms with Gasteiger partial charge < -0.3 is 25.9 Å². The van der Waals surface area contributed by atoms with E-state index in [-0.39, 0.29) is 17.9 Å². The third-order valence-corrected chi connectivity index (χ3v) is 8.37. The molecule has 8 nitrogen and oxygen atoms in total. The average molecular weight is 521 g/mol. The molecule has 206 valence electrons. The molecule has 1 aliphatic heterocycles. The van der Waals surface area contributed by atoms with Gasteiger partial charge in [-0.15, -0.1) is 0 Å². The standard InChI is InChI=1S/C30H44N6O2/c1-4-24(37)8-6-5-7-9-26(35-29(38)21-12-14-30(15-13-21)19-36(3)20-30)28-33-18-27(34-28)22-10-11-25(31)23(16-22)17-32-2/h10-11,16-18,21,26,31-32H,4-9,12-15,19-20H2,1-3H3,(H,33,34)(H,35,38)/b23-17-,31-25?/t26-/m0/s1. The Morgan fingerprint density at radius 3 is 2.68 bits per heavy atom. The van der Waals surface area contributed by atoms with Crippen molar-refractivity contribution in [3.63, 3.8) is 0 Å². The summed E-state index contributed by atoms with van der Waals surface area (Å²) in [4.78, 5) is 35.5. The summed E-state index contributed by atoms with van der Waals surface area (Å²) in [6.45, 7) is 4.24. The number of imidazole rings is 1. The van der Waals surface area contributed by atoms with Crippen molar-refractivity contribution in [2.45, 2.75) is 77.2 Å². The summed E-state index contributed by atoms with van der Waals surface area (Å²) in [5.74, 6) is 1.28. The first-order valence-corrected chi connectivity index (χ1v) is 14.2. The number of H-pyrrole nitrogens is 1. The van der Waals surface area contributed by atoms with Crippen LogP contribution in [0.15, 0.2) is 36.2 Å². The number of rotatable bonds is 12. The summed E-state index contributed by atoms with van der Waals surface area (Å²) < 4.78 is 0. The van der Waals surface area contributed by atoms with E-state index in [1.165, 1.54) is 0 Å². The molecule has 3 aliphatic rings. The zero-order valence-corrected chi connectivity index (χ0v) is 23.2. The Bertz CT molecular complexity index is 1100. The summed E-state index contributed by atoms with van der Waals surface area (Å²) in [6.07, 6.45) is 18.3. The van der Waals surface area contributed by atoms with Crippen LogP contribution in [0.2, 0.25) is 0 Å². The van der Waals surface area contributed by atoms with Crippen molar-refractivity contribution in [1.29, 1.82) is 5.41 Å². The molecule has 1 aromatic rings. The van der Waals surface area contributed by atoms with E-state index in [1.54, 1.807) is 6.08 Å². The van der Waals surface area contributed by atoms with Gasteiger partial charge in [-0.1, -0.05) is 25.8 Å². The molecule has 4 N–H and O–H groups in total. The van der Waals surface area contributed by atoms with Crippen LogP contribution in [-0.4, -0.2) is 59.5 Å². The molecule has 1 amide bonds. The molecule has 0 bridgehead atoms. The van der Waals surface area contributed by atoms with E-state index in [9.17, 15) is 9.59 Å². The highest BCUT2D eigenvalue weighted by atomic mass is 16.2. The van der Waals surface area contributed by atoms with Crippen LogP contribution in [-0.2, 0) is 9.59 Å². The molecule has 1 aromatic heterocycles. The van der Waals surface area contributed by atoms with Gasteiger partial charge in [0.2, 0.25) is 5.91 Å². The van der Waals surface area contributed by atoms with E-state index in [0.717, 1.165) is 87.1 Å². The van der Waals surface area contributed by atoms with Gasteiger partial charge >= 0.3 is 0 Å². The maximum atomic E-state index is 13.4. The van der Waals surface area contributed by atoms with Crippen LogP contribution >= 0.6 is 0 Å². The third kappa shape index (κ3) is 6.90. The van der Waals surface area contributed by atoms with Crippen LogP contribution in [0.3, 0.4) is 0 Å². The smallest absolute Gasteiger partial charge is 0.223 e. The third-order valence-electron chi connectivity index (χ3n) is 8.37. The number of carbonyl (C=O) groups excluding carboxylic acids is 2. The van der Waals surface area contributed by atoms with Crippen molar-refractivity contribution in [1.82, 2.24) is 25.5 Å². The quantitative estimate of drug-likeness (QED) is 0.299. The van der Waals surface area contributed by atoms with Crippen LogP contribution in [0.5, 0.6) is 0 Å². The predicted octanol–water partition coefficient (Wildman–Crippen LogP) is 4.69. The lowest BCUT2D eigenvalue weighted by atomic mass is 9.66. The largest absolute Gasteiger partial charge is 0.393 e. The van der Waals surface area contributed by atoms with Crippen molar-refractivity contribution in [3.8, 4) is 0 Å². The van der Waals surface area contributed by atoms with Gasteiger partial charge in [-0.2, -0.15) is 0 Å². The number of hydrogen-bond acceptors (Lipinski definition) is 6. The first-order valence-electron chi connectivity index (χ1n) is 14.2. The molecule has 1 saturated heterocycles. The number of nitrogens with zero attached hydrogens (tertiary/aromatic N) is 2.